The molecule has 2 aromatic rings. The predicted molar refractivity (Wildman–Crippen MR) is 117 cm³/mol. The van der Waals surface area contributed by atoms with Crippen molar-refractivity contribution in [1.82, 2.24) is 19.4 Å². The topological polar surface area (TPSA) is 84.3 Å². The number of hydrogen-bond donors (Lipinski definition) is 1. The lowest BCUT2D eigenvalue weighted by Crippen LogP contribution is -2.65. The summed E-state index contributed by atoms with van der Waals surface area (Å²) in [4.78, 5) is 12.1. The molecule has 7 nitrogen and oxygen atoms in total. The number of sulfonamides is 1. The molecule has 3 rings (SSSR count). The van der Waals surface area contributed by atoms with E-state index in [9.17, 15) is 13.2 Å². The zero-order valence-electron chi connectivity index (χ0n) is 18.2. The molecule has 0 saturated carbocycles. The normalized spacial score (nSPS) is 19.4. The molecule has 1 aromatic carbocycles. The lowest BCUT2D eigenvalue weighted by molar-refractivity contribution is -0.118. The molecule has 30 heavy (non-hydrogen) atoms. The lowest BCUT2D eigenvalue weighted by atomic mass is 9.79. The van der Waals surface area contributed by atoms with Crippen molar-refractivity contribution in [1.29, 1.82) is 0 Å². The van der Waals surface area contributed by atoms with Gasteiger partial charge in [-0.25, -0.2) is 8.42 Å². The van der Waals surface area contributed by atoms with Gasteiger partial charge in [-0.2, -0.15) is 9.40 Å². The van der Waals surface area contributed by atoms with Gasteiger partial charge < -0.3 is 5.32 Å². The van der Waals surface area contributed by atoms with Crippen LogP contribution in [0.25, 0.3) is 11.3 Å². The molecular weight excluding hydrogens is 400 g/mol. The van der Waals surface area contributed by atoms with E-state index < -0.39 is 21.1 Å². The number of carbonyl (C=O) groups is 1. The van der Waals surface area contributed by atoms with Crippen molar-refractivity contribution in [3.05, 3.63) is 49.2 Å². The monoisotopic (exact) mass is 430 g/mol. The average molecular weight is 431 g/mol. The molecule has 0 atom stereocenters. The van der Waals surface area contributed by atoms with Crippen molar-refractivity contribution >= 4 is 15.9 Å². The van der Waals surface area contributed by atoms with Gasteiger partial charge in [0, 0.05) is 35.9 Å². The molecule has 0 aliphatic carbocycles. The van der Waals surface area contributed by atoms with Crippen LogP contribution in [0.3, 0.4) is 0 Å². The Labute approximate surface area is 178 Å². The molecule has 1 fully saturated rings. The van der Waals surface area contributed by atoms with Crippen molar-refractivity contribution in [3.63, 3.8) is 0 Å². The van der Waals surface area contributed by atoms with Crippen LogP contribution in [0, 0.1) is 0 Å². The first-order chi connectivity index (χ1) is 13.9. The van der Waals surface area contributed by atoms with Crippen LogP contribution >= 0.6 is 0 Å². The maximum Gasteiger partial charge on any atom is 0.244 e. The van der Waals surface area contributed by atoms with Gasteiger partial charge in [0.15, 0.2) is 0 Å². The van der Waals surface area contributed by atoms with Crippen molar-refractivity contribution in [2.45, 2.75) is 62.6 Å². The summed E-state index contributed by atoms with van der Waals surface area (Å²) >= 11 is 0. The summed E-state index contributed by atoms with van der Waals surface area (Å²) < 4.78 is 30.9. The number of carbonyl (C=O) groups excluding carboxylic acids is 1. The maximum absolute atomic E-state index is 13.8. The number of nitrogens with zero attached hydrogens (tertiary/aromatic N) is 3. The SMILES string of the molecule is C=CC(=O)NC1CC(C)(C)N(S(=O)(=O)c2cccc(-c3ccnn3C)c2)C(C)(C)C1. The first-order valence-electron chi connectivity index (χ1n) is 9.95. The number of rotatable bonds is 5. The summed E-state index contributed by atoms with van der Waals surface area (Å²) in [6, 6.07) is 8.69. The fraction of sp³-hybridized carbons (Fsp3) is 0.455. The molecule has 1 amide bonds. The molecule has 2 heterocycles. The molecular formula is C22H30N4O3S. The number of benzene rings is 1. The minimum atomic E-state index is -3.79. The smallest absolute Gasteiger partial charge is 0.244 e. The third-order valence-electron chi connectivity index (χ3n) is 5.61. The molecule has 1 aliphatic rings. The molecule has 0 bridgehead atoms. The summed E-state index contributed by atoms with van der Waals surface area (Å²) in [5.74, 6) is -0.244. The first-order valence-corrected chi connectivity index (χ1v) is 11.4. The number of aromatic nitrogens is 2. The second kappa shape index (κ2) is 7.67. The Bertz CT molecular complexity index is 1050. The summed E-state index contributed by atoms with van der Waals surface area (Å²) in [6.07, 6.45) is 3.95. The van der Waals surface area contributed by atoms with Gasteiger partial charge in [0.25, 0.3) is 0 Å². The van der Waals surface area contributed by atoms with E-state index >= 15 is 0 Å². The molecule has 0 radical (unpaired) electrons. The van der Waals surface area contributed by atoms with Crippen LogP contribution in [0.15, 0.2) is 54.1 Å². The summed E-state index contributed by atoms with van der Waals surface area (Å²) in [7, 11) is -1.97. The van der Waals surface area contributed by atoms with E-state index in [1.807, 2.05) is 46.9 Å². The van der Waals surface area contributed by atoms with E-state index in [4.69, 9.17) is 0 Å². The summed E-state index contributed by atoms with van der Waals surface area (Å²) in [5.41, 5.74) is 0.251. The van der Waals surface area contributed by atoms with Gasteiger partial charge in [-0.05, 0) is 64.8 Å². The van der Waals surface area contributed by atoms with E-state index in [2.05, 4.69) is 17.0 Å². The quantitative estimate of drug-likeness (QED) is 0.739. The Morgan fingerprint density at radius 1 is 1.20 bits per heavy atom. The van der Waals surface area contributed by atoms with Gasteiger partial charge in [-0.1, -0.05) is 18.7 Å². The molecule has 1 aromatic heterocycles. The van der Waals surface area contributed by atoms with Crippen LogP contribution in [0.2, 0.25) is 0 Å². The maximum atomic E-state index is 13.8. The van der Waals surface area contributed by atoms with E-state index in [0.717, 1.165) is 11.3 Å². The fourth-order valence-electron chi connectivity index (χ4n) is 4.85. The Hall–Kier alpha value is -2.45. The van der Waals surface area contributed by atoms with Crippen LogP contribution in [-0.2, 0) is 21.9 Å². The number of hydrogen-bond acceptors (Lipinski definition) is 4. The van der Waals surface area contributed by atoms with Crippen LogP contribution in [-0.4, -0.2) is 45.5 Å². The third-order valence-corrected chi connectivity index (χ3v) is 7.93. The average Bonchev–Trinajstić information content (AvgIpc) is 3.05. The lowest BCUT2D eigenvalue weighted by Gasteiger charge is -2.53. The number of piperidine rings is 1. The van der Waals surface area contributed by atoms with Gasteiger partial charge in [-0.3, -0.25) is 9.48 Å². The standard InChI is InChI=1S/C22H30N4O3S/c1-7-20(27)24-17-14-21(2,3)26(22(4,5)15-17)30(28,29)18-10-8-9-16(13-18)19-11-12-23-25(19)6/h7-13,17H,1,14-15H2,2-6H3,(H,24,27). The van der Waals surface area contributed by atoms with E-state index in [1.54, 1.807) is 33.4 Å². The summed E-state index contributed by atoms with van der Waals surface area (Å²) in [6.45, 7) is 11.1. The minimum absolute atomic E-state index is 0.132. The first kappa shape index (κ1) is 22.2. The van der Waals surface area contributed by atoms with Gasteiger partial charge in [0.05, 0.1) is 10.6 Å². The second-order valence-electron chi connectivity index (χ2n) is 9.08. The van der Waals surface area contributed by atoms with Crippen LogP contribution < -0.4 is 5.32 Å². The van der Waals surface area contributed by atoms with Crippen molar-refractivity contribution in [2.75, 3.05) is 0 Å². The molecule has 0 unspecified atom stereocenters. The number of nitrogens with one attached hydrogen (secondary N) is 1. The Morgan fingerprint density at radius 3 is 2.37 bits per heavy atom. The van der Waals surface area contributed by atoms with E-state index in [-0.39, 0.29) is 16.8 Å². The Balaban J connectivity index is 2.00. The third kappa shape index (κ3) is 4.06. The highest BCUT2D eigenvalue weighted by Gasteiger charge is 2.51. The number of amides is 1. The molecule has 8 heteroatoms. The molecule has 1 aliphatic heterocycles. The minimum Gasteiger partial charge on any atom is -0.350 e. The van der Waals surface area contributed by atoms with Crippen LogP contribution in [0.4, 0.5) is 0 Å². The molecule has 1 N–H and O–H groups in total. The van der Waals surface area contributed by atoms with Crippen LogP contribution in [0.5, 0.6) is 0 Å². The zero-order valence-corrected chi connectivity index (χ0v) is 19.0. The fourth-order valence-corrected chi connectivity index (χ4v) is 7.04. The number of aryl methyl sites for hydroxylation is 1. The van der Waals surface area contributed by atoms with Crippen molar-refractivity contribution in [2.24, 2.45) is 7.05 Å². The van der Waals surface area contributed by atoms with E-state index in [1.165, 1.54) is 6.08 Å². The highest BCUT2D eigenvalue weighted by Crippen LogP contribution is 2.42. The summed E-state index contributed by atoms with van der Waals surface area (Å²) in [5, 5.41) is 7.11. The van der Waals surface area contributed by atoms with Gasteiger partial charge >= 0.3 is 0 Å². The van der Waals surface area contributed by atoms with Gasteiger partial charge in [-0.15, -0.1) is 0 Å². The van der Waals surface area contributed by atoms with Crippen LogP contribution in [0.1, 0.15) is 40.5 Å². The van der Waals surface area contributed by atoms with E-state index in [0.29, 0.717) is 12.8 Å². The highest BCUT2D eigenvalue weighted by atomic mass is 32.2. The van der Waals surface area contributed by atoms with Gasteiger partial charge in [0.2, 0.25) is 15.9 Å². The molecule has 1 saturated heterocycles. The Morgan fingerprint density at radius 2 is 1.83 bits per heavy atom. The van der Waals surface area contributed by atoms with Crippen molar-refractivity contribution < 1.29 is 13.2 Å². The largest absolute Gasteiger partial charge is 0.350 e. The Kier molecular flexibility index (Phi) is 5.68. The predicted octanol–water partition coefficient (Wildman–Crippen LogP) is 3.10. The highest BCUT2D eigenvalue weighted by molar-refractivity contribution is 7.89. The second-order valence-corrected chi connectivity index (χ2v) is 10.9. The molecule has 162 valence electrons. The zero-order chi connectivity index (χ0) is 22.3. The van der Waals surface area contributed by atoms with Crippen molar-refractivity contribution in [3.8, 4) is 11.3 Å². The molecule has 0 spiro atoms. The van der Waals surface area contributed by atoms with Gasteiger partial charge in [0.1, 0.15) is 0 Å².